The lowest BCUT2D eigenvalue weighted by Crippen LogP contribution is -2.36. The molecule has 0 saturated carbocycles. The number of carbonyl (C=O) groups is 1. The molecule has 1 amide bonds. The number of nitrogens with two attached hydrogens (primary N) is 2. The lowest BCUT2D eigenvalue weighted by atomic mass is 10.1. The first-order valence-corrected chi connectivity index (χ1v) is 8.11. The van der Waals surface area contributed by atoms with E-state index in [-0.39, 0.29) is 0 Å². The van der Waals surface area contributed by atoms with Crippen molar-refractivity contribution in [2.45, 2.75) is 6.54 Å². The van der Waals surface area contributed by atoms with E-state index >= 15 is 0 Å². The molecule has 0 fully saturated rings. The molecular formula is C14H13N3O4S2. The van der Waals surface area contributed by atoms with E-state index in [2.05, 4.69) is 0 Å². The molecule has 2 aromatic rings. The lowest BCUT2D eigenvalue weighted by molar-refractivity contribution is 0.203. The number of amides is 1. The molecule has 3 rings (SSSR count). The average molecular weight is 351 g/mol. The second-order valence-corrected chi connectivity index (χ2v) is 5.30. The van der Waals surface area contributed by atoms with Crippen LogP contribution in [0.25, 0.3) is 0 Å². The van der Waals surface area contributed by atoms with Crippen LogP contribution >= 0.6 is 24.5 Å². The smallest absolute Gasteiger partial charge is 0.410 e. The normalized spacial score (nSPS) is 13.3. The van der Waals surface area contributed by atoms with Gasteiger partial charge >= 0.3 is 6.09 Å². The highest BCUT2D eigenvalue weighted by atomic mass is 32.2. The molecule has 0 aromatic heterocycles. The van der Waals surface area contributed by atoms with Gasteiger partial charge in [0.25, 0.3) is 0 Å². The summed E-state index contributed by atoms with van der Waals surface area (Å²) in [7, 11) is 0. The van der Waals surface area contributed by atoms with E-state index in [9.17, 15) is 4.79 Å². The fourth-order valence-corrected chi connectivity index (χ4v) is 2.64. The van der Waals surface area contributed by atoms with Crippen molar-refractivity contribution >= 4 is 36.2 Å². The molecule has 0 atom stereocenters. The first-order chi connectivity index (χ1) is 11.2. The highest BCUT2D eigenvalue weighted by Crippen LogP contribution is 2.34. The Balaban J connectivity index is 1.86. The van der Waals surface area contributed by atoms with E-state index in [4.69, 9.17) is 23.4 Å². The molecule has 9 heteroatoms. The quantitative estimate of drug-likeness (QED) is 0.626. The van der Waals surface area contributed by atoms with Crippen molar-refractivity contribution in [3.05, 3.63) is 48.0 Å². The summed E-state index contributed by atoms with van der Waals surface area (Å²) in [6.45, 7) is 0.378. The number of hydrogen-bond donors (Lipinski definition) is 2. The van der Waals surface area contributed by atoms with E-state index in [1.165, 1.54) is 4.90 Å². The maximum Gasteiger partial charge on any atom is 0.420 e. The minimum atomic E-state index is -0.479. The van der Waals surface area contributed by atoms with Gasteiger partial charge in [-0.2, -0.15) is 0 Å². The van der Waals surface area contributed by atoms with Gasteiger partial charge in [0, 0.05) is 17.7 Å². The van der Waals surface area contributed by atoms with Gasteiger partial charge in [0.1, 0.15) is 41.7 Å². The summed E-state index contributed by atoms with van der Waals surface area (Å²) < 4.78 is 15.7. The molecule has 0 aliphatic carbocycles. The Labute approximate surface area is 141 Å². The van der Waals surface area contributed by atoms with E-state index < -0.39 is 6.09 Å². The zero-order chi connectivity index (χ0) is 16.2. The minimum Gasteiger partial charge on any atom is -0.410 e. The third-order valence-electron chi connectivity index (χ3n) is 3.20. The molecule has 1 heterocycles. The van der Waals surface area contributed by atoms with Crippen LogP contribution in [0.15, 0.2) is 42.5 Å². The van der Waals surface area contributed by atoms with Gasteiger partial charge in [-0.25, -0.2) is 15.1 Å². The second kappa shape index (κ2) is 7.01. The molecule has 0 bridgehead atoms. The van der Waals surface area contributed by atoms with Gasteiger partial charge in [-0.05, 0) is 24.3 Å². The van der Waals surface area contributed by atoms with Gasteiger partial charge in [-0.15, -0.1) is 0 Å². The van der Waals surface area contributed by atoms with Crippen LogP contribution in [0.3, 0.4) is 0 Å². The Morgan fingerprint density at radius 2 is 1.78 bits per heavy atom. The Bertz CT molecular complexity index is 729. The van der Waals surface area contributed by atoms with Crippen molar-refractivity contribution in [3.63, 3.8) is 0 Å². The number of nitrogens with zero attached hydrogens (tertiary/aromatic N) is 1. The van der Waals surface area contributed by atoms with Gasteiger partial charge in [-0.3, -0.25) is 4.90 Å². The zero-order valence-corrected chi connectivity index (χ0v) is 13.4. The van der Waals surface area contributed by atoms with Gasteiger partial charge < -0.3 is 13.1 Å². The third-order valence-corrected chi connectivity index (χ3v) is 3.78. The standard InChI is InChI=1S/C14H13N3O4S2/c15-22-20-11-3-1-2-10(6-11)17-8-9-4-5-12(21-23-16)7-13(9)19-14(17)18/h1-7H,8,15-16H2. The first-order valence-electron chi connectivity index (χ1n) is 6.50. The lowest BCUT2D eigenvalue weighted by Gasteiger charge is -2.28. The van der Waals surface area contributed by atoms with Crippen molar-refractivity contribution in [2.24, 2.45) is 10.3 Å². The van der Waals surface area contributed by atoms with Crippen molar-refractivity contribution in [3.8, 4) is 17.2 Å². The third kappa shape index (κ3) is 3.48. The predicted octanol–water partition coefficient (Wildman–Crippen LogP) is 3.01. The molecular weight excluding hydrogens is 338 g/mol. The summed E-state index contributed by atoms with van der Waals surface area (Å²) in [4.78, 5) is 13.8. The maximum atomic E-state index is 12.3. The van der Waals surface area contributed by atoms with Gasteiger partial charge in [-0.1, -0.05) is 6.07 Å². The molecule has 2 aromatic carbocycles. The predicted molar refractivity (Wildman–Crippen MR) is 89.9 cm³/mol. The highest BCUT2D eigenvalue weighted by Gasteiger charge is 2.27. The van der Waals surface area contributed by atoms with Crippen LogP contribution in [-0.4, -0.2) is 6.09 Å². The molecule has 1 aliphatic heterocycles. The monoisotopic (exact) mass is 351 g/mol. The van der Waals surface area contributed by atoms with Crippen LogP contribution in [-0.2, 0) is 6.54 Å². The molecule has 23 heavy (non-hydrogen) atoms. The fraction of sp³-hybridized carbons (Fsp3) is 0.0714. The Morgan fingerprint density at radius 3 is 2.52 bits per heavy atom. The zero-order valence-electron chi connectivity index (χ0n) is 11.8. The number of rotatable bonds is 5. The van der Waals surface area contributed by atoms with Crippen molar-refractivity contribution in [2.75, 3.05) is 4.90 Å². The summed E-state index contributed by atoms with van der Waals surface area (Å²) >= 11 is 1.48. The summed E-state index contributed by atoms with van der Waals surface area (Å²) in [5, 5.41) is 10.5. The molecule has 7 nitrogen and oxygen atoms in total. The Morgan fingerprint density at radius 1 is 1.04 bits per heavy atom. The van der Waals surface area contributed by atoms with Crippen molar-refractivity contribution in [1.82, 2.24) is 0 Å². The van der Waals surface area contributed by atoms with Gasteiger partial charge in [0.05, 0.1) is 12.2 Å². The van der Waals surface area contributed by atoms with E-state index in [1.807, 2.05) is 6.07 Å². The Hall–Kier alpha value is -2.07. The summed E-state index contributed by atoms with van der Waals surface area (Å²) in [5.41, 5.74) is 1.52. The van der Waals surface area contributed by atoms with Crippen LogP contribution in [0.1, 0.15) is 5.56 Å². The molecule has 0 spiro atoms. The topological polar surface area (TPSA) is 100 Å². The molecule has 1 aliphatic rings. The number of carbonyl (C=O) groups excluding carboxylic acids is 1. The summed E-state index contributed by atoms with van der Waals surface area (Å²) in [6, 6.07) is 12.3. The van der Waals surface area contributed by atoms with Crippen LogP contribution in [0.5, 0.6) is 17.2 Å². The van der Waals surface area contributed by atoms with Crippen molar-refractivity contribution in [1.29, 1.82) is 0 Å². The molecule has 120 valence electrons. The van der Waals surface area contributed by atoms with E-state index in [0.29, 0.717) is 29.5 Å². The fourth-order valence-electron chi connectivity index (χ4n) is 2.21. The molecule has 0 unspecified atom stereocenters. The van der Waals surface area contributed by atoms with E-state index in [1.54, 1.807) is 36.4 Å². The molecule has 4 N–H and O–H groups in total. The molecule has 0 saturated heterocycles. The van der Waals surface area contributed by atoms with Crippen LogP contribution in [0.2, 0.25) is 0 Å². The number of benzene rings is 2. The highest BCUT2D eigenvalue weighted by molar-refractivity contribution is 7.92. The number of anilines is 1. The number of fused-ring (bicyclic) bond motifs is 1. The Kier molecular flexibility index (Phi) is 4.82. The molecule has 0 radical (unpaired) electrons. The van der Waals surface area contributed by atoms with Crippen LogP contribution in [0, 0.1) is 0 Å². The largest absolute Gasteiger partial charge is 0.420 e. The van der Waals surface area contributed by atoms with Crippen molar-refractivity contribution < 1.29 is 17.9 Å². The number of hydrogen-bond acceptors (Lipinski definition) is 8. The summed E-state index contributed by atoms with van der Waals surface area (Å²) in [5.74, 6) is 1.54. The van der Waals surface area contributed by atoms with E-state index in [0.717, 1.165) is 30.0 Å². The summed E-state index contributed by atoms with van der Waals surface area (Å²) in [6.07, 6.45) is -0.479. The van der Waals surface area contributed by atoms with Crippen LogP contribution < -0.4 is 28.3 Å². The maximum absolute atomic E-state index is 12.3. The average Bonchev–Trinajstić information content (AvgIpc) is 2.55. The minimum absolute atomic E-state index is 0.378. The first kappa shape index (κ1) is 15.8. The van der Waals surface area contributed by atoms with Crippen LogP contribution in [0.4, 0.5) is 10.5 Å². The number of ether oxygens (including phenoxy) is 1. The van der Waals surface area contributed by atoms with Gasteiger partial charge in [0.2, 0.25) is 0 Å². The van der Waals surface area contributed by atoms with Gasteiger partial charge in [0.15, 0.2) is 0 Å². The second-order valence-electron chi connectivity index (χ2n) is 4.58. The SMILES string of the molecule is NSOc1cccc(N2Cc3ccc(OSN)cc3OC2=O)c1.